The van der Waals surface area contributed by atoms with Crippen molar-refractivity contribution in [3.63, 3.8) is 0 Å². The van der Waals surface area contributed by atoms with Crippen molar-refractivity contribution in [3.8, 4) is 0 Å². The van der Waals surface area contributed by atoms with Crippen LogP contribution in [0.5, 0.6) is 0 Å². The molecule has 0 bridgehead atoms. The van der Waals surface area contributed by atoms with E-state index in [2.05, 4.69) is 14.9 Å². The quantitative estimate of drug-likeness (QED) is 0.794. The third-order valence-electron chi connectivity index (χ3n) is 3.74. The minimum Gasteiger partial charge on any atom is -0.353 e. The third kappa shape index (κ3) is 3.81. The van der Waals surface area contributed by atoms with E-state index in [0.29, 0.717) is 37.9 Å². The second kappa shape index (κ2) is 7.57. The van der Waals surface area contributed by atoms with E-state index in [1.54, 1.807) is 23.2 Å². The molecule has 5 nitrogen and oxygen atoms in total. The van der Waals surface area contributed by atoms with Crippen LogP contribution < -0.4 is 4.90 Å². The predicted molar refractivity (Wildman–Crippen MR) is 88.5 cm³/mol. The summed E-state index contributed by atoms with van der Waals surface area (Å²) >= 11 is 0.302. The fourth-order valence-electron chi connectivity index (χ4n) is 2.58. The number of pyridine rings is 2. The van der Waals surface area contributed by atoms with Gasteiger partial charge in [0.1, 0.15) is 10.8 Å². The highest BCUT2D eigenvalue weighted by atomic mass is 32.2. The minimum absolute atomic E-state index is 0.0738. The lowest BCUT2D eigenvalue weighted by Gasteiger charge is -2.35. The van der Waals surface area contributed by atoms with Crippen molar-refractivity contribution in [2.45, 2.75) is 10.8 Å². The average Bonchev–Trinajstić information content (AvgIpc) is 2.62. The molecule has 0 aliphatic carbocycles. The van der Waals surface area contributed by atoms with Crippen LogP contribution in [-0.2, 0) is 0 Å². The van der Waals surface area contributed by atoms with Gasteiger partial charge in [-0.25, -0.2) is 9.97 Å². The van der Waals surface area contributed by atoms with Gasteiger partial charge in [0.25, 0.3) is 11.7 Å². The Morgan fingerprint density at radius 2 is 1.79 bits per heavy atom. The molecule has 0 spiro atoms. The highest BCUT2D eigenvalue weighted by Crippen LogP contribution is 2.27. The Kier molecular flexibility index (Phi) is 5.24. The molecule has 8 heteroatoms. The summed E-state index contributed by atoms with van der Waals surface area (Å²) in [6, 6.07) is 8.84. The van der Waals surface area contributed by atoms with Gasteiger partial charge in [-0.2, -0.15) is 8.78 Å². The molecular formula is C16H16F2N4OS. The van der Waals surface area contributed by atoms with E-state index < -0.39 is 5.76 Å². The van der Waals surface area contributed by atoms with Gasteiger partial charge in [-0.05, 0) is 36.0 Å². The normalized spacial score (nSPS) is 15.0. The fraction of sp³-hybridized carbons (Fsp3) is 0.312. The van der Waals surface area contributed by atoms with E-state index in [0.717, 1.165) is 5.82 Å². The zero-order valence-corrected chi connectivity index (χ0v) is 13.6. The van der Waals surface area contributed by atoms with Crippen molar-refractivity contribution in [3.05, 3.63) is 48.3 Å². The highest BCUT2D eigenvalue weighted by Gasteiger charge is 2.25. The second-order valence-electron chi connectivity index (χ2n) is 5.20. The van der Waals surface area contributed by atoms with Crippen molar-refractivity contribution < 1.29 is 13.6 Å². The number of carbonyl (C=O) groups excluding carboxylic acids is 1. The number of carbonyl (C=O) groups is 1. The SMILES string of the molecule is O=C(c1cccnc1SC(F)F)N1CCN(c2ccccn2)CC1. The van der Waals surface area contributed by atoms with Crippen molar-refractivity contribution in [2.24, 2.45) is 0 Å². The number of alkyl halides is 2. The Balaban J connectivity index is 1.68. The Hall–Kier alpha value is -2.22. The molecule has 1 aliphatic rings. The first-order chi connectivity index (χ1) is 11.6. The molecule has 1 aliphatic heterocycles. The van der Waals surface area contributed by atoms with E-state index in [9.17, 15) is 13.6 Å². The molecule has 0 aromatic carbocycles. The lowest BCUT2D eigenvalue weighted by atomic mass is 10.2. The fourth-order valence-corrected chi connectivity index (χ4v) is 3.15. The molecule has 2 aromatic rings. The van der Waals surface area contributed by atoms with Gasteiger partial charge in [0, 0.05) is 38.6 Å². The van der Waals surface area contributed by atoms with Crippen LogP contribution in [0.15, 0.2) is 47.8 Å². The number of hydrogen-bond acceptors (Lipinski definition) is 5. The molecule has 24 heavy (non-hydrogen) atoms. The molecule has 2 aromatic heterocycles. The van der Waals surface area contributed by atoms with E-state index in [-0.39, 0.29) is 16.5 Å². The van der Waals surface area contributed by atoms with Gasteiger partial charge in [0.15, 0.2) is 0 Å². The zero-order valence-electron chi connectivity index (χ0n) is 12.8. The monoisotopic (exact) mass is 350 g/mol. The lowest BCUT2D eigenvalue weighted by Crippen LogP contribution is -2.49. The van der Waals surface area contributed by atoms with Crippen LogP contribution in [0.3, 0.4) is 0 Å². The molecule has 0 saturated carbocycles. The number of aromatic nitrogens is 2. The molecule has 1 amide bonds. The van der Waals surface area contributed by atoms with Gasteiger partial charge in [-0.15, -0.1) is 0 Å². The number of anilines is 1. The predicted octanol–water partition coefficient (Wildman–Crippen LogP) is 2.75. The summed E-state index contributed by atoms with van der Waals surface area (Å²) in [5.74, 6) is -1.99. The number of piperazine rings is 1. The summed E-state index contributed by atoms with van der Waals surface area (Å²) in [5.41, 5.74) is 0.231. The van der Waals surface area contributed by atoms with Crippen LogP contribution in [0, 0.1) is 0 Å². The number of amides is 1. The van der Waals surface area contributed by atoms with E-state index in [1.165, 1.54) is 6.20 Å². The van der Waals surface area contributed by atoms with E-state index in [4.69, 9.17) is 0 Å². The summed E-state index contributed by atoms with van der Waals surface area (Å²) in [6.07, 6.45) is 3.15. The number of hydrogen-bond donors (Lipinski definition) is 0. The standard InChI is InChI=1S/C16H16F2N4OS/c17-16(18)24-14-12(4-3-7-20-14)15(23)22-10-8-21(9-11-22)13-5-1-2-6-19-13/h1-7,16H,8-11H2. The molecule has 0 radical (unpaired) electrons. The molecule has 126 valence electrons. The van der Waals surface area contributed by atoms with Crippen LogP contribution in [-0.4, -0.2) is 52.7 Å². The Labute approximate surface area is 142 Å². The third-order valence-corrected chi connectivity index (χ3v) is 4.47. The Bertz CT molecular complexity index is 693. The molecule has 0 atom stereocenters. The van der Waals surface area contributed by atoms with Crippen LogP contribution in [0.1, 0.15) is 10.4 Å². The molecular weight excluding hydrogens is 334 g/mol. The van der Waals surface area contributed by atoms with Crippen LogP contribution in [0.2, 0.25) is 0 Å². The summed E-state index contributed by atoms with van der Waals surface area (Å²) in [4.78, 5) is 24.6. The summed E-state index contributed by atoms with van der Waals surface area (Å²) in [6.45, 7) is 2.34. The number of halogens is 2. The molecule has 0 N–H and O–H groups in total. The van der Waals surface area contributed by atoms with Gasteiger partial charge in [-0.3, -0.25) is 4.79 Å². The van der Waals surface area contributed by atoms with Gasteiger partial charge in [-0.1, -0.05) is 6.07 Å². The van der Waals surface area contributed by atoms with Crippen molar-refractivity contribution in [1.82, 2.24) is 14.9 Å². The highest BCUT2D eigenvalue weighted by molar-refractivity contribution is 7.99. The summed E-state index contributed by atoms with van der Waals surface area (Å²) in [5, 5.41) is 0.0738. The van der Waals surface area contributed by atoms with Crippen molar-refractivity contribution in [1.29, 1.82) is 0 Å². The summed E-state index contributed by atoms with van der Waals surface area (Å²) < 4.78 is 25.3. The van der Waals surface area contributed by atoms with Crippen molar-refractivity contribution in [2.75, 3.05) is 31.1 Å². The average molecular weight is 350 g/mol. The first-order valence-electron chi connectivity index (χ1n) is 7.50. The maximum Gasteiger partial charge on any atom is 0.290 e. The van der Waals surface area contributed by atoms with Crippen LogP contribution >= 0.6 is 11.8 Å². The first-order valence-corrected chi connectivity index (χ1v) is 8.38. The number of rotatable bonds is 4. The molecule has 1 saturated heterocycles. The van der Waals surface area contributed by atoms with Gasteiger partial charge >= 0.3 is 0 Å². The molecule has 3 rings (SSSR count). The second-order valence-corrected chi connectivity index (χ2v) is 6.18. The zero-order chi connectivity index (χ0) is 16.9. The van der Waals surface area contributed by atoms with E-state index in [1.807, 2.05) is 18.2 Å². The number of thioether (sulfide) groups is 1. The number of nitrogens with zero attached hydrogens (tertiary/aromatic N) is 4. The minimum atomic E-state index is -2.60. The maximum absolute atomic E-state index is 12.6. The van der Waals surface area contributed by atoms with Crippen molar-refractivity contribution >= 4 is 23.5 Å². The molecule has 1 fully saturated rings. The van der Waals surface area contributed by atoms with Gasteiger partial charge in [0.2, 0.25) is 0 Å². The first kappa shape index (κ1) is 16.6. The van der Waals surface area contributed by atoms with Crippen LogP contribution in [0.4, 0.5) is 14.6 Å². The smallest absolute Gasteiger partial charge is 0.290 e. The maximum atomic E-state index is 12.6. The van der Waals surface area contributed by atoms with Gasteiger partial charge in [0.05, 0.1) is 5.56 Å². The van der Waals surface area contributed by atoms with E-state index >= 15 is 0 Å². The Morgan fingerprint density at radius 1 is 1.04 bits per heavy atom. The summed E-state index contributed by atoms with van der Waals surface area (Å²) in [7, 11) is 0. The topological polar surface area (TPSA) is 49.3 Å². The lowest BCUT2D eigenvalue weighted by molar-refractivity contribution is 0.0742. The van der Waals surface area contributed by atoms with Gasteiger partial charge < -0.3 is 9.80 Å². The molecule has 3 heterocycles. The largest absolute Gasteiger partial charge is 0.353 e. The molecule has 0 unspecified atom stereocenters. The Morgan fingerprint density at radius 3 is 2.46 bits per heavy atom. The van der Waals surface area contributed by atoms with Crippen LogP contribution in [0.25, 0.3) is 0 Å².